The second-order valence-electron chi connectivity index (χ2n) is 1.99. The van der Waals surface area contributed by atoms with E-state index in [0.29, 0.717) is 0 Å². The van der Waals surface area contributed by atoms with Crippen LogP contribution in [-0.4, -0.2) is 29.7 Å². The molecular formula is C9H13NO6. The average Bonchev–Trinajstić information content (AvgIpc) is 2.27. The smallest absolute Gasteiger partial charge is 0.440 e. The van der Waals surface area contributed by atoms with E-state index < -0.39 is 18.0 Å². The van der Waals surface area contributed by atoms with Gasteiger partial charge in [-0.3, -0.25) is 0 Å². The maximum Gasteiger partial charge on any atom is 0.440 e. The Hall–Kier alpha value is -2.31. The molecule has 16 heavy (non-hydrogen) atoms. The largest absolute Gasteiger partial charge is 0.478 e. The van der Waals surface area contributed by atoms with Gasteiger partial charge in [0.25, 0.3) is 0 Å². The van der Waals surface area contributed by atoms with Gasteiger partial charge in [-0.05, 0) is 6.92 Å². The number of carbonyl (C=O) groups is 3. The Labute approximate surface area is 92.3 Å². The maximum absolute atomic E-state index is 10.4. The van der Waals surface area contributed by atoms with Crippen molar-refractivity contribution >= 4 is 18.0 Å². The lowest BCUT2D eigenvalue weighted by Gasteiger charge is -2.02. The third-order valence-corrected chi connectivity index (χ3v) is 0.852. The van der Waals surface area contributed by atoms with Gasteiger partial charge in [0.1, 0.15) is 0 Å². The molecule has 0 aromatic rings. The summed E-state index contributed by atoms with van der Waals surface area (Å²) in [6.07, 6.45) is 0.953. The summed E-state index contributed by atoms with van der Waals surface area (Å²) in [4.78, 5) is 34.1. The van der Waals surface area contributed by atoms with Crippen molar-refractivity contribution in [2.75, 3.05) is 6.61 Å². The number of rotatable bonds is 3. The topological polar surface area (TPSA) is 102 Å². The third-order valence-electron chi connectivity index (χ3n) is 0.852. The van der Waals surface area contributed by atoms with Crippen molar-refractivity contribution in [3.63, 3.8) is 0 Å². The molecule has 0 aromatic carbocycles. The van der Waals surface area contributed by atoms with E-state index in [9.17, 15) is 14.4 Å². The second kappa shape index (κ2) is 10.8. The standard InChI is InChI=1S/C6H9NO4.C3H4O2/c1-3-5(8)11-7-6(9)10-4-2;1-2-3(4)5/h3H,1,4H2,2H3,(H,7,9);2H,1H2,(H,4,5). The predicted molar refractivity (Wildman–Crippen MR) is 54.3 cm³/mol. The zero-order valence-electron chi connectivity index (χ0n) is 8.76. The molecule has 2 N–H and O–H groups in total. The van der Waals surface area contributed by atoms with Crippen molar-refractivity contribution in [1.82, 2.24) is 5.48 Å². The number of carboxylic acid groups (broad SMARTS) is 1. The normalized spacial score (nSPS) is 7.56. The molecule has 0 aliphatic heterocycles. The molecule has 0 aromatic heterocycles. The van der Waals surface area contributed by atoms with Crippen LogP contribution in [0, 0.1) is 0 Å². The molecule has 0 rings (SSSR count). The van der Waals surface area contributed by atoms with Gasteiger partial charge >= 0.3 is 18.0 Å². The van der Waals surface area contributed by atoms with E-state index in [-0.39, 0.29) is 6.61 Å². The molecule has 0 heterocycles. The van der Waals surface area contributed by atoms with Crippen LogP contribution >= 0.6 is 0 Å². The third kappa shape index (κ3) is 14.2. The van der Waals surface area contributed by atoms with Crippen molar-refractivity contribution in [3.8, 4) is 0 Å². The van der Waals surface area contributed by atoms with Crippen LogP contribution in [0.2, 0.25) is 0 Å². The highest BCUT2D eigenvalue weighted by Crippen LogP contribution is 1.78. The Bertz CT molecular complexity index is 273. The molecule has 1 amide bonds. The molecule has 7 heteroatoms. The lowest BCUT2D eigenvalue weighted by Crippen LogP contribution is -2.26. The van der Waals surface area contributed by atoms with Crippen LogP contribution in [0.25, 0.3) is 0 Å². The molecule has 0 unspecified atom stereocenters. The van der Waals surface area contributed by atoms with Gasteiger partial charge in [0.2, 0.25) is 0 Å². The van der Waals surface area contributed by atoms with E-state index >= 15 is 0 Å². The number of nitrogens with one attached hydrogen (secondary N) is 1. The molecule has 0 aliphatic rings. The Morgan fingerprint density at radius 3 is 2.12 bits per heavy atom. The summed E-state index contributed by atoms with van der Waals surface area (Å²) < 4.78 is 4.38. The first kappa shape index (κ1) is 16.1. The zero-order chi connectivity index (χ0) is 13.0. The summed E-state index contributed by atoms with van der Waals surface area (Å²) in [5.41, 5.74) is 1.75. The number of hydrogen-bond acceptors (Lipinski definition) is 5. The number of aliphatic carboxylic acids is 1. The molecule has 0 fully saturated rings. The first-order chi connectivity index (χ1) is 7.47. The predicted octanol–water partition coefficient (Wildman–Crippen LogP) is 0.634. The van der Waals surface area contributed by atoms with Gasteiger partial charge in [-0.1, -0.05) is 13.2 Å². The monoisotopic (exact) mass is 231 g/mol. The van der Waals surface area contributed by atoms with Crippen LogP contribution in [0.1, 0.15) is 6.92 Å². The summed E-state index contributed by atoms with van der Waals surface area (Å²) in [5, 5.41) is 7.60. The molecule has 90 valence electrons. The van der Waals surface area contributed by atoms with Gasteiger partial charge in [0.05, 0.1) is 6.61 Å². The molecule has 7 nitrogen and oxygen atoms in total. The molecule has 0 saturated carbocycles. The van der Waals surface area contributed by atoms with Gasteiger partial charge in [0, 0.05) is 12.2 Å². The van der Waals surface area contributed by atoms with Gasteiger partial charge in [0.15, 0.2) is 0 Å². The molecule has 0 aliphatic carbocycles. The molecule has 0 saturated heterocycles. The SMILES string of the molecule is C=CC(=O)O.C=CC(=O)ONC(=O)OCC. The molecule has 0 radical (unpaired) electrons. The fourth-order valence-corrected chi connectivity index (χ4v) is 0.294. The zero-order valence-corrected chi connectivity index (χ0v) is 8.76. The number of carboxylic acids is 1. The molecular weight excluding hydrogens is 218 g/mol. The van der Waals surface area contributed by atoms with E-state index in [0.717, 1.165) is 12.2 Å². The minimum atomic E-state index is -0.981. The minimum Gasteiger partial charge on any atom is -0.478 e. The highest BCUT2D eigenvalue weighted by molar-refractivity contribution is 5.82. The summed E-state index contributed by atoms with van der Waals surface area (Å²) in [7, 11) is 0. The lowest BCUT2D eigenvalue weighted by atomic mass is 10.7. The summed E-state index contributed by atoms with van der Waals surface area (Å²) >= 11 is 0. The van der Waals surface area contributed by atoms with Gasteiger partial charge in [-0.2, -0.15) is 0 Å². The maximum atomic E-state index is 10.4. The van der Waals surface area contributed by atoms with E-state index in [1.54, 1.807) is 12.4 Å². The fourth-order valence-electron chi connectivity index (χ4n) is 0.294. The Balaban J connectivity index is 0. The average molecular weight is 231 g/mol. The van der Waals surface area contributed by atoms with E-state index in [1.165, 1.54) is 0 Å². The van der Waals surface area contributed by atoms with Crippen molar-refractivity contribution in [1.29, 1.82) is 0 Å². The summed E-state index contributed by atoms with van der Waals surface area (Å²) in [6, 6.07) is 0. The van der Waals surface area contributed by atoms with Crippen molar-refractivity contribution in [2.45, 2.75) is 6.92 Å². The fraction of sp³-hybridized carbons (Fsp3) is 0.222. The summed E-state index contributed by atoms with van der Waals surface area (Å²) in [6.45, 7) is 7.93. The van der Waals surface area contributed by atoms with E-state index in [1.807, 2.05) is 0 Å². The number of carbonyl (C=O) groups excluding carboxylic acids is 2. The summed E-state index contributed by atoms with van der Waals surface area (Å²) in [5.74, 6) is -1.72. The first-order valence-corrected chi connectivity index (χ1v) is 4.09. The van der Waals surface area contributed by atoms with E-state index in [4.69, 9.17) is 5.11 Å². The molecule has 0 bridgehead atoms. The highest BCUT2D eigenvalue weighted by Gasteiger charge is 2.01. The van der Waals surface area contributed by atoms with E-state index in [2.05, 4.69) is 22.7 Å². The number of amides is 1. The van der Waals surface area contributed by atoms with Crippen molar-refractivity contribution in [2.24, 2.45) is 0 Å². The van der Waals surface area contributed by atoms with Crippen LogP contribution < -0.4 is 5.48 Å². The number of hydrogen-bond donors (Lipinski definition) is 2. The lowest BCUT2D eigenvalue weighted by molar-refractivity contribution is -0.143. The highest BCUT2D eigenvalue weighted by atomic mass is 16.7. The van der Waals surface area contributed by atoms with Crippen LogP contribution in [-0.2, 0) is 19.2 Å². The van der Waals surface area contributed by atoms with Crippen molar-refractivity contribution in [3.05, 3.63) is 25.3 Å². The van der Waals surface area contributed by atoms with Gasteiger partial charge < -0.3 is 14.7 Å². The molecule has 0 atom stereocenters. The number of hydroxylamine groups is 1. The van der Waals surface area contributed by atoms with Crippen LogP contribution in [0.5, 0.6) is 0 Å². The Morgan fingerprint density at radius 2 is 1.81 bits per heavy atom. The quantitative estimate of drug-likeness (QED) is 0.545. The molecule has 0 spiro atoms. The van der Waals surface area contributed by atoms with Crippen LogP contribution in [0.15, 0.2) is 25.3 Å². The van der Waals surface area contributed by atoms with Crippen LogP contribution in [0.3, 0.4) is 0 Å². The van der Waals surface area contributed by atoms with Gasteiger partial charge in [-0.15, -0.1) is 5.48 Å². The number of ether oxygens (including phenoxy) is 1. The van der Waals surface area contributed by atoms with Gasteiger partial charge in [-0.25, -0.2) is 14.4 Å². The second-order valence-corrected chi connectivity index (χ2v) is 1.99. The Kier molecular flexibility index (Phi) is 10.9. The van der Waals surface area contributed by atoms with Crippen LogP contribution in [0.4, 0.5) is 4.79 Å². The minimum absolute atomic E-state index is 0.220. The van der Waals surface area contributed by atoms with Crippen molar-refractivity contribution < 1.29 is 29.1 Å². The Morgan fingerprint density at radius 1 is 1.31 bits per heavy atom. The first-order valence-electron chi connectivity index (χ1n) is 4.09.